The maximum Gasteiger partial charge on any atom is 0.306 e. The number of methoxy groups -OCH3 is 1. The lowest BCUT2D eigenvalue weighted by atomic mass is 9.87. The number of phenols is 1. The highest BCUT2D eigenvalue weighted by Gasteiger charge is 2.28. The molecule has 3 N–H and O–H groups in total. The molecule has 7 nitrogen and oxygen atoms in total. The molecule has 0 unspecified atom stereocenters. The van der Waals surface area contributed by atoms with Crippen molar-refractivity contribution in [3.63, 3.8) is 0 Å². The highest BCUT2D eigenvalue weighted by molar-refractivity contribution is 5.71. The predicted octanol–water partition coefficient (Wildman–Crippen LogP) is 3.80. The second kappa shape index (κ2) is 8.57. The predicted molar refractivity (Wildman–Crippen MR) is 120 cm³/mol. The number of aromatic nitrogens is 2. The molecule has 0 saturated heterocycles. The van der Waals surface area contributed by atoms with Crippen LogP contribution in [0.3, 0.4) is 0 Å². The van der Waals surface area contributed by atoms with E-state index in [1.54, 1.807) is 24.3 Å². The fourth-order valence-electron chi connectivity index (χ4n) is 4.32. The van der Waals surface area contributed by atoms with Crippen LogP contribution in [0.5, 0.6) is 11.5 Å². The SMILES string of the molecule is COC(=O)C[C@H](c1cccc(O)c1)c1c(Cc2ccc3c(c2)CCC(C)(C)O3)[nH][nH]c1=O. The molecule has 0 aliphatic carbocycles. The van der Waals surface area contributed by atoms with E-state index in [-0.39, 0.29) is 23.3 Å². The van der Waals surface area contributed by atoms with Gasteiger partial charge in [-0.05, 0) is 61.6 Å². The molecule has 1 aliphatic rings. The minimum atomic E-state index is -0.554. The van der Waals surface area contributed by atoms with Gasteiger partial charge in [0.2, 0.25) is 0 Å². The second-order valence-corrected chi connectivity index (χ2v) is 8.88. The molecule has 32 heavy (non-hydrogen) atoms. The summed E-state index contributed by atoms with van der Waals surface area (Å²) in [7, 11) is 1.32. The lowest BCUT2D eigenvalue weighted by Crippen LogP contribution is -2.32. The standard InChI is InChI=1S/C25H28N2O5/c1-25(2)10-9-17-11-15(7-8-21(17)32-25)12-20-23(24(30)27-26-20)19(14-22(29)31-3)16-5-4-6-18(28)13-16/h4-8,11,13,19,28H,9-10,12,14H2,1-3H3,(H2,26,27,30)/t19-/m1/s1. The van der Waals surface area contributed by atoms with Crippen molar-refractivity contribution in [1.82, 2.24) is 10.2 Å². The minimum Gasteiger partial charge on any atom is -0.508 e. The molecule has 0 radical (unpaired) electrons. The number of hydrogen-bond donors (Lipinski definition) is 3. The summed E-state index contributed by atoms with van der Waals surface area (Å²) in [4.78, 5) is 24.9. The van der Waals surface area contributed by atoms with Crippen molar-refractivity contribution in [3.05, 3.63) is 80.8 Å². The van der Waals surface area contributed by atoms with E-state index in [0.29, 0.717) is 23.2 Å². The summed E-state index contributed by atoms with van der Waals surface area (Å²) >= 11 is 0. The molecule has 7 heteroatoms. The van der Waals surface area contributed by atoms with Gasteiger partial charge in [0.05, 0.1) is 13.5 Å². The summed E-state index contributed by atoms with van der Waals surface area (Å²) in [6, 6.07) is 12.7. The number of rotatable bonds is 6. The number of benzene rings is 2. The molecular formula is C25H28N2O5. The third-order valence-electron chi connectivity index (χ3n) is 6.00. The van der Waals surface area contributed by atoms with Crippen LogP contribution in [0.4, 0.5) is 0 Å². The molecule has 1 atom stereocenters. The van der Waals surface area contributed by atoms with Gasteiger partial charge in [-0.25, -0.2) is 0 Å². The second-order valence-electron chi connectivity index (χ2n) is 8.88. The van der Waals surface area contributed by atoms with Crippen molar-refractivity contribution in [2.75, 3.05) is 7.11 Å². The van der Waals surface area contributed by atoms with Crippen molar-refractivity contribution in [1.29, 1.82) is 0 Å². The third-order valence-corrected chi connectivity index (χ3v) is 6.00. The van der Waals surface area contributed by atoms with Crippen LogP contribution in [-0.2, 0) is 22.4 Å². The zero-order valence-corrected chi connectivity index (χ0v) is 18.5. The Kier molecular flexibility index (Phi) is 5.82. The lowest BCUT2D eigenvalue weighted by molar-refractivity contribution is -0.140. The number of esters is 1. The number of phenolic OH excluding ortho intramolecular Hbond substituents is 1. The van der Waals surface area contributed by atoms with E-state index in [9.17, 15) is 14.7 Å². The monoisotopic (exact) mass is 436 g/mol. The van der Waals surface area contributed by atoms with Crippen LogP contribution in [0, 0.1) is 0 Å². The smallest absolute Gasteiger partial charge is 0.306 e. The fraction of sp³-hybridized carbons (Fsp3) is 0.360. The molecule has 0 amide bonds. The molecule has 0 spiro atoms. The average Bonchev–Trinajstić information content (AvgIpc) is 3.11. The zero-order valence-electron chi connectivity index (χ0n) is 18.5. The van der Waals surface area contributed by atoms with Crippen molar-refractivity contribution in [2.45, 2.75) is 51.0 Å². The zero-order chi connectivity index (χ0) is 22.9. The lowest BCUT2D eigenvalue weighted by Gasteiger charge is -2.32. The van der Waals surface area contributed by atoms with Gasteiger partial charge in [0.15, 0.2) is 0 Å². The quantitative estimate of drug-likeness (QED) is 0.510. The molecule has 4 rings (SSSR count). The van der Waals surface area contributed by atoms with Gasteiger partial charge in [-0.15, -0.1) is 0 Å². The number of H-pyrrole nitrogens is 2. The molecular weight excluding hydrogens is 408 g/mol. The molecule has 0 fully saturated rings. The number of hydrogen-bond acceptors (Lipinski definition) is 5. The van der Waals surface area contributed by atoms with Crippen molar-refractivity contribution >= 4 is 5.97 Å². The maximum absolute atomic E-state index is 12.8. The number of aromatic hydroxyl groups is 1. The van der Waals surface area contributed by atoms with Crippen molar-refractivity contribution in [2.24, 2.45) is 0 Å². The summed E-state index contributed by atoms with van der Waals surface area (Å²) < 4.78 is 10.9. The van der Waals surface area contributed by atoms with E-state index in [1.807, 2.05) is 12.1 Å². The van der Waals surface area contributed by atoms with Gasteiger partial charge in [0, 0.05) is 23.6 Å². The van der Waals surface area contributed by atoms with Crippen LogP contribution in [0.2, 0.25) is 0 Å². The highest BCUT2D eigenvalue weighted by atomic mass is 16.5. The van der Waals surface area contributed by atoms with Crippen LogP contribution in [-0.4, -0.2) is 34.0 Å². The van der Waals surface area contributed by atoms with E-state index in [1.165, 1.54) is 7.11 Å². The number of fused-ring (bicyclic) bond motifs is 1. The number of carbonyl (C=O) groups is 1. The van der Waals surface area contributed by atoms with E-state index in [4.69, 9.17) is 9.47 Å². The Morgan fingerprint density at radius 2 is 2.03 bits per heavy atom. The number of nitrogens with one attached hydrogen (secondary N) is 2. The molecule has 0 bridgehead atoms. The van der Waals surface area contributed by atoms with Crippen LogP contribution in [0.25, 0.3) is 0 Å². The van der Waals surface area contributed by atoms with E-state index < -0.39 is 11.9 Å². The highest BCUT2D eigenvalue weighted by Crippen LogP contribution is 2.35. The van der Waals surface area contributed by atoms with E-state index >= 15 is 0 Å². The first-order valence-electron chi connectivity index (χ1n) is 10.7. The normalized spacial score (nSPS) is 15.5. The van der Waals surface area contributed by atoms with Gasteiger partial charge in [-0.2, -0.15) is 0 Å². The third kappa shape index (κ3) is 4.56. The number of ether oxygens (including phenoxy) is 2. The summed E-state index contributed by atoms with van der Waals surface area (Å²) in [6.07, 6.45) is 2.34. The average molecular weight is 437 g/mol. The molecule has 2 aromatic carbocycles. The van der Waals surface area contributed by atoms with Gasteiger partial charge in [-0.3, -0.25) is 14.7 Å². The minimum absolute atomic E-state index is 0.0129. The summed E-state index contributed by atoms with van der Waals surface area (Å²) in [5, 5.41) is 15.6. The van der Waals surface area contributed by atoms with Crippen LogP contribution >= 0.6 is 0 Å². The van der Waals surface area contributed by atoms with E-state index in [2.05, 4.69) is 30.1 Å². The van der Waals surface area contributed by atoms with Crippen LogP contribution in [0.1, 0.15) is 60.6 Å². The molecule has 0 saturated carbocycles. The van der Waals surface area contributed by atoms with Gasteiger partial charge in [0.25, 0.3) is 5.56 Å². The van der Waals surface area contributed by atoms with Crippen molar-refractivity contribution in [3.8, 4) is 11.5 Å². The molecule has 2 heterocycles. The Bertz CT molecular complexity index is 1190. The van der Waals surface area contributed by atoms with Gasteiger partial charge >= 0.3 is 5.97 Å². The van der Waals surface area contributed by atoms with Gasteiger partial charge in [-0.1, -0.05) is 24.3 Å². The number of aryl methyl sites for hydroxylation is 1. The van der Waals surface area contributed by atoms with Crippen molar-refractivity contribution < 1.29 is 19.4 Å². The molecule has 168 valence electrons. The summed E-state index contributed by atoms with van der Waals surface area (Å²) in [5.74, 6) is -0.0145. The molecule has 3 aromatic rings. The van der Waals surface area contributed by atoms with Crippen LogP contribution < -0.4 is 10.3 Å². The summed E-state index contributed by atoms with van der Waals surface area (Å²) in [5.41, 5.74) is 3.57. The summed E-state index contributed by atoms with van der Waals surface area (Å²) in [6.45, 7) is 4.17. The fourth-order valence-corrected chi connectivity index (χ4v) is 4.32. The first-order chi connectivity index (χ1) is 15.3. The first-order valence-corrected chi connectivity index (χ1v) is 10.7. The topological polar surface area (TPSA) is 104 Å². The Balaban J connectivity index is 1.69. The number of carbonyl (C=O) groups excluding carboxylic acids is 1. The Morgan fingerprint density at radius 3 is 2.78 bits per heavy atom. The Morgan fingerprint density at radius 1 is 1.22 bits per heavy atom. The first kappa shape index (κ1) is 21.7. The van der Waals surface area contributed by atoms with Crippen LogP contribution in [0.15, 0.2) is 47.3 Å². The largest absolute Gasteiger partial charge is 0.508 e. The van der Waals surface area contributed by atoms with Gasteiger partial charge in [0.1, 0.15) is 17.1 Å². The molecule has 1 aromatic heterocycles. The Hall–Kier alpha value is -3.48. The number of aromatic amines is 2. The van der Waals surface area contributed by atoms with E-state index in [0.717, 1.165) is 29.7 Å². The Labute approximate surface area is 186 Å². The van der Waals surface area contributed by atoms with Gasteiger partial charge < -0.3 is 19.7 Å². The molecule has 1 aliphatic heterocycles. The maximum atomic E-state index is 12.8.